The number of benzene rings is 1. The Hall–Kier alpha value is -1.88. The Labute approximate surface area is 103 Å². The van der Waals surface area contributed by atoms with Crippen molar-refractivity contribution >= 4 is 17.7 Å². The molecule has 2 rings (SSSR count). The van der Waals surface area contributed by atoms with Gasteiger partial charge in [0.1, 0.15) is 5.03 Å². The molecule has 1 aromatic heterocycles. The molecule has 0 radical (unpaired) electrons. The second kappa shape index (κ2) is 5.45. The molecule has 0 unspecified atom stereocenters. The number of carboxylic acids is 1. The van der Waals surface area contributed by atoms with Gasteiger partial charge in [0.2, 0.25) is 0 Å². The summed E-state index contributed by atoms with van der Waals surface area (Å²) in [6, 6.07) is 6.84. The highest BCUT2D eigenvalue weighted by Crippen LogP contribution is 2.19. The zero-order valence-electron chi connectivity index (χ0n) is 8.91. The summed E-state index contributed by atoms with van der Waals surface area (Å²) in [5.41, 5.74) is 1.36. The van der Waals surface area contributed by atoms with E-state index in [1.54, 1.807) is 42.5 Å². The molecule has 0 aliphatic heterocycles. The van der Waals surface area contributed by atoms with Crippen LogP contribution in [-0.2, 0) is 5.75 Å². The number of thioether (sulfide) groups is 1. The lowest BCUT2D eigenvalue weighted by Gasteiger charge is -2.01. The van der Waals surface area contributed by atoms with Gasteiger partial charge in [0, 0.05) is 18.1 Å². The van der Waals surface area contributed by atoms with Crippen LogP contribution >= 0.6 is 11.8 Å². The molecule has 0 saturated carbocycles. The molecule has 2 aromatic rings. The van der Waals surface area contributed by atoms with Crippen molar-refractivity contribution in [1.82, 2.24) is 9.97 Å². The van der Waals surface area contributed by atoms with Crippen LogP contribution in [0, 0.1) is 0 Å². The molecule has 0 spiro atoms. The number of carboxylic acid groups (broad SMARTS) is 1. The van der Waals surface area contributed by atoms with Crippen LogP contribution in [0.15, 0.2) is 47.9 Å². The van der Waals surface area contributed by atoms with Crippen molar-refractivity contribution in [2.24, 2.45) is 0 Å². The van der Waals surface area contributed by atoms with E-state index >= 15 is 0 Å². The Morgan fingerprint density at radius 3 is 2.59 bits per heavy atom. The minimum Gasteiger partial charge on any atom is -0.478 e. The lowest BCUT2D eigenvalue weighted by Crippen LogP contribution is -1.95. The standard InChI is InChI=1S/C12H10N2O2S/c15-12(16)10-3-1-9(2-4-10)8-17-11-7-13-5-6-14-11/h1-7H,8H2,(H,15,16). The normalized spacial score (nSPS) is 10.1. The van der Waals surface area contributed by atoms with E-state index in [2.05, 4.69) is 9.97 Å². The van der Waals surface area contributed by atoms with E-state index in [-0.39, 0.29) is 0 Å². The van der Waals surface area contributed by atoms with E-state index < -0.39 is 5.97 Å². The summed E-state index contributed by atoms with van der Waals surface area (Å²) in [6.07, 6.45) is 4.98. The number of aromatic carboxylic acids is 1. The molecule has 86 valence electrons. The molecule has 0 fully saturated rings. The molecule has 0 aliphatic carbocycles. The van der Waals surface area contributed by atoms with Crippen LogP contribution in [0.1, 0.15) is 15.9 Å². The molecule has 17 heavy (non-hydrogen) atoms. The minimum atomic E-state index is -0.905. The molecule has 5 heteroatoms. The fraction of sp³-hybridized carbons (Fsp3) is 0.0833. The monoisotopic (exact) mass is 246 g/mol. The largest absolute Gasteiger partial charge is 0.478 e. The number of hydrogen-bond donors (Lipinski definition) is 1. The first-order valence-corrected chi connectivity index (χ1v) is 5.95. The van der Waals surface area contributed by atoms with Crippen molar-refractivity contribution in [2.75, 3.05) is 0 Å². The molecule has 0 atom stereocenters. The number of aromatic nitrogens is 2. The SMILES string of the molecule is O=C(O)c1ccc(CSc2cnccn2)cc1. The van der Waals surface area contributed by atoms with Crippen molar-refractivity contribution < 1.29 is 9.90 Å². The van der Waals surface area contributed by atoms with Crippen molar-refractivity contribution in [3.8, 4) is 0 Å². The Kier molecular flexibility index (Phi) is 3.72. The predicted molar refractivity (Wildman–Crippen MR) is 65.0 cm³/mol. The number of hydrogen-bond acceptors (Lipinski definition) is 4. The molecule has 0 saturated heterocycles. The quantitative estimate of drug-likeness (QED) is 0.839. The van der Waals surface area contributed by atoms with Gasteiger partial charge in [0.15, 0.2) is 0 Å². The van der Waals surface area contributed by atoms with E-state index in [1.807, 2.05) is 12.1 Å². The van der Waals surface area contributed by atoms with Gasteiger partial charge in [-0.3, -0.25) is 4.98 Å². The van der Waals surface area contributed by atoms with Gasteiger partial charge in [-0.1, -0.05) is 12.1 Å². The number of rotatable bonds is 4. The molecule has 1 heterocycles. The third-order valence-electron chi connectivity index (χ3n) is 2.13. The first kappa shape index (κ1) is 11.6. The minimum absolute atomic E-state index is 0.304. The zero-order chi connectivity index (χ0) is 12.1. The fourth-order valence-corrected chi connectivity index (χ4v) is 2.04. The maximum Gasteiger partial charge on any atom is 0.335 e. The molecule has 1 N–H and O–H groups in total. The summed E-state index contributed by atoms with van der Waals surface area (Å²) in [7, 11) is 0. The molecular weight excluding hydrogens is 236 g/mol. The van der Waals surface area contributed by atoms with Crippen LogP contribution in [0.25, 0.3) is 0 Å². The molecule has 0 amide bonds. The summed E-state index contributed by atoms with van der Waals surface area (Å²) < 4.78 is 0. The van der Waals surface area contributed by atoms with Gasteiger partial charge in [-0.05, 0) is 17.7 Å². The smallest absolute Gasteiger partial charge is 0.335 e. The second-order valence-corrected chi connectivity index (χ2v) is 4.33. The van der Waals surface area contributed by atoms with Crippen LogP contribution in [-0.4, -0.2) is 21.0 Å². The molecule has 0 aliphatic rings. The third kappa shape index (κ3) is 3.29. The first-order valence-electron chi connectivity index (χ1n) is 4.97. The number of carbonyl (C=O) groups is 1. The maximum absolute atomic E-state index is 10.7. The van der Waals surface area contributed by atoms with Gasteiger partial charge in [-0.25, -0.2) is 9.78 Å². The number of nitrogens with zero attached hydrogens (tertiary/aromatic N) is 2. The summed E-state index contributed by atoms with van der Waals surface area (Å²) >= 11 is 1.57. The van der Waals surface area contributed by atoms with E-state index in [0.717, 1.165) is 16.3 Å². The Balaban J connectivity index is 1.98. The summed E-state index contributed by atoms with van der Waals surface area (Å²) in [6.45, 7) is 0. The van der Waals surface area contributed by atoms with Gasteiger partial charge in [-0.2, -0.15) is 0 Å². The average molecular weight is 246 g/mol. The average Bonchev–Trinajstić information content (AvgIpc) is 2.38. The molecule has 1 aromatic carbocycles. The molecule has 4 nitrogen and oxygen atoms in total. The highest BCUT2D eigenvalue weighted by atomic mass is 32.2. The van der Waals surface area contributed by atoms with E-state index in [9.17, 15) is 4.79 Å². The summed E-state index contributed by atoms with van der Waals surface area (Å²) in [5.74, 6) is -0.156. The maximum atomic E-state index is 10.7. The zero-order valence-corrected chi connectivity index (χ0v) is 9.72. The lowest BCUT2D eigenvalue weighted by atomic mass is 10.1. The first-order chi connectivity index (χ1) is 8.25. The van der Waals surface area contributed by atoms with Crippen LogP contribution in [0.3, 0.4) is 0 Å². The fourth-order valence-electron chi connectivity index (χ4n) is 1.26. The Morgan fingerprint density at radius 2 is 2.00 bits per heavy atom. The highest BCUT2D eigenvalue weighted by Gasteiger charge is 2.02. The van der Waals surface area contributed by atoms with Crippen LogP contribution < -0.4 is 0 Å². The molecular formula is C12H10N2O2S. The Morgan fingerprint density at radius 1 is 1.24 bits per heavy atom. The predicted octanol–water partition coefficient (Wildman–Crippen LogP) is 2.47. The van der Waals surface area contributed by atoms with E-state index in [1.165, 1.54) is 0 Å². The van der Waals surface area contributed by atoms with Gasteiger partial charge in [0.05, 0.1) is 11.8 Å². The van der Waals surface area contributed by atoms with E-state index in [4.69, 9.17) is 5.11 Å². The topological polar surface area (TPSA) is 63.1 Å². The van der Waals surface area contributed by atoms with Crippen molar-refractivity contribution in [3.05, 3.63) is 54.0 Å². The van der Waals surface area contributed by atoms with Crippen LogP contribution in [0.4, 0.5) is 0 Å². The summed E-state index contributed by atoms with van der Waals surface area (Å²) in [4.78, 5) is 18.8. The lowest BCUT2D eigenvalue weighted by molar-refractivity contribution is 0.0697. The van der Waals surface area contributed by atoms with Gasteiger partial charge < -0.3 is 5.11 Å². The van der Waals surface area contributed by atoms with Crippen LogP contribution in [0.2, 0.25) is 0 Å². The third-order valence-corrected chi connectivity index (χ3v) is 3.11. The van der Waals surface area contributed by atoms with Crippen LogP contribution in [0.5, 0.6) is 0 Å². The van der Waals surface area contributed by atoms with Gasteiger partial charge in [-0.15, -0.1) is 11.8 Å². The van der Waals surface area contributed by atoms with E-state index in [0.29, 0.717) is 5.56 Å². The second-order valence-electron chi connectivity index (χ2n) is 3.33. The van der Waals surface area contributed by atoms with Gasteiger partial charge >= 0.3 is 5.97 Å². The summed E-state index contributed by atoms with van der Waals surface area (Å²) in [5, 5.41) is 9.62. The highest BCUT2D eigenvalue weighted by molar-refractivity contribution is 7.98. The van der Waals surface area contributed by atoms with Crippen molar-refractivity contribution in [2.45, 2.75) is 10.8 Å². The molecule has 0 bridgehead atoms. The van der Waals surface area contributed by atoms with Crippen molar-refractivity contribution in [1.29, 1.82) is 0 Å². The van der Waals surface area contributed by atoms with Gasteiger partial charge in [0.25, 0.3) is 0 Å². The Bertz CT molecular complexity index is 500. The van der Waals surface area contributed by atoms with Crippen molar-refractivity contribution in [3.63, 3.8) is 0 Å².